The van der Waals surface area contributed by atoms with Crippen molar-refractivity contribution >= 4 is 17.5 Å². The van der Waals surface area contributed by atoms with Crippen molar-refractivity contribution in [1.82, 2.24) is 5.32 Å². The van der Waals surface area contributed by atoms with Crippen LogP contribution >= 0.6 is 11.6 Å². The van der Waals surface area contributed by atoms with E-state index < -0.39 is 0 Å². The SMILES string of the molecule is CC(CN)C(=O)NCC(C)(C)Cc1cccc(Cl)c1. The first-order valence-corrected chi connectivity index (χ1v) is 6.94. The van der Waals surface area contributed by atoms with Gasteiger partial charge < -0.3 is 11.1 Å². The zero-order valence-corrected chi connectivity index (χ0v) is 12.6. The fraction of sp³-hybridized carbons (Fsp3) is 0.533. The molecule has 1 amide bonds. The van der Waals surface area contributed by atoms with E-state index in [9.17, 15) is 4.79 Å². The Bertz CT molecular complexity index is 432. The van der Waals surface area contributed by atoms with Crippen LogP contribution in [0.5, 0.6) is 0 Å². The van der Waals surface area contributed by atoms with E-state index >= 15 is 0 Å². The topological polar surface area (TPSA) is 55.1 Å². The lowest BCUT2D eigenvalue weighted by molar-refractivity contribution is -0.124. The largest absolute Gasteiger partial charge is 0.355 e. The van der Waals surface area contributed by atoms with Crippen LogP contribution in [0.4, 0.5) is 0 Å². The number of hydrogen-bond donors (Lipinski definition) is 2. The van der Waals surface area contributed by atoms with Gasteiger partial charge >= 0.3 is 0 Å². The Morgan fingerprint density at radius 3 is 2.74 bits per heavy atom. The summed E-state index contributed by atoms with van der Waals surface area (Å²) in [7, 11) is 0. The highest BCUT2D eigenvalue weighted by molar-refractivity contribution is 6.30. The maximum Gasteiger partial charge on any atom is 0.224 e. The van der Waals surface area contributed by atoms with Crippen molar-refractivity contribution in [3.05, 3.63) is 34.9 Å². The van der Waals surface area contributed by atoms with Gasteiger partial charge in [0.2, 0.25) is 5.91 Å². The van der Waals surface area contributed by atoms with Crippen LogP contribution in [0, 0.1) is 11.3 Å². The number of amides is 1. The number of benzene rings is 1. The number of carbonyl (C=O) groups is 1. The summed E-state index contributed by atoms with van der Waals surface area (Å²) in [5.74, 6) is -0.122. The average molecular weight is 283 g/mol. The first kappa shape index (κ1) is 16.0. The lowest BCUT2D eigenvalue weighted by Gasteiger charge is -2.26. The maximum atomic E-state index is 11.7. The number of carbonyl (C=O) groups excluding carboxylic acids is 1. The quantitative estimate of drug-likeness (QED) is 0.843. The summed E-state index contributed by atoms with van der Waals surface area (Å²) in [5, 5.41) is 3.70. The van der Waals surface area contributed by atoms with Crippen molar-refractivity contribution < 1.29 is 4.79 Å². The Kier molecular flexibility index (Phi) is 5.83. The molecule has 1 rings (SSSR count). The van der Waals surface area contributed by atoms with Gasteiger partial charge in [-0.1, -0.05) is 44.5 Å². The molecule has 0 bridgehead atoms. The molecule has 1 atom stereocenters. The maximum absolute atomic E-state index is 11.7. The molecule has 0 radical (unpaired) electrons. The lowest BCUT2D eigenvalue weighted by Crippen LogP contribution is -2.39. The molecule has 0 aliphatic rings. The van der Waals surface area contributed by atoms with Crippen molar-refractivity contribution in [2.24, 2.45) is 17.1 Å². The smallest absolute Gasteiger partial charge is 0.224 e. The summed E-state index contributed by atoms with van der Waals surface area (Å²) in [4.78, 5) is 11.7. The number of nitrogens with one attached hydrogen (secondary N) is 1. The van der Waals surface area contributed by atoms with Gasteiger partial charge in [-0.05, 0) is 29.5 Å². The highest BCUT2D eigenvalue weighted by Gasteiger charge is 2.21. The van der Waals surface area contributed by atoms with E-state index in [4.69, 9.17) is 17.3 Å². The van der Waals surface area contributed by atoms with Gasteiger partial charge in [0.05, 0.1) is 0 Å². The van der Waals surface area contributed by atoms with Gasteiger partial charge in [0.25, 0.3) is 0 Å². The van der Waals surface area contributed by atoms with E-state index in [1.807, 2.05) is 25.1 Å². The highest BCUT2D eigenvalue weighted by Crippen LogP contribution is 2.22. The van der Waals surface area contributed by atoms with Gasteiger partial charge in [0, 0.05) is 24.0 Å². The van der Waals surface area contributed by atoms with Gasteiger partial charge in [0.15, 0.2) is 0 Å². The molecule has 19 heavy (non-hydrogen) atoms. The van der Waals surface area contributed by atoms with Crippen LogP contribution in [-0.4, -0.2) is 19.0 Å². The molecule has 1 aromatic rings. The second-order valence-electron chi connectivity index (χ2n) is 5.83. The van der Waals surface area contributed by atoms with E-state index in [0.29, 0.717) is 13.1 Å². The molecule has 0 aliphatic heterocycles. The fourth-order valence-corrected chi connectivity index (χ4v) is 2.08. The van der Waals surface area contributed by atoms with Crippen molar-refractivity contribution in [3.63, 3.8) is 0 Å². The molecular weight excluding hydrogens is 260 g/mol. The molecule has 1 unspecified atom stereocenters. The first-order chi connectivity index (χ1) is 8.84. The summed E-state index contributed by atoms with van der Waals surface area (Å²) in [5.41, 5.74) is 6.64. The molecular formula is C15H23ClN2O. The number of halogens is 1. The van der Waals surface area contributed by atoms with Gasteiger partial charge in [0.1, 0.15) is 0 Å². The van der Waals surface area contributed by atoms with Gasteiger partial charge in [-0.15, -0.1) is 0 Å². The van der Waals surface area contributed by atoms with Crippen LogP contribution < -0.4 is 11.1 Å². The normalized spacial score (nSPS) is 13.1. The number of hydrogen-bond acceptors (Lipinski definition) is 2. The fourth-order valence-electron chi connectivity index (χ4n) is 1.87. The van der Waals surface area contributed by atoms with E-state index in [2.05, 4.69) is 25.2 Å². The Morgan fingerprint density at radius 1 is 1.47 bits per heavy atom. The minimum atomic E-state index is -0.137. The van der Waals surface area contributed by atoms with Gasteiger partial charge in [-0.2, -0.15) is 0 Å². The zero-order valence-electron chi connectivity index (χ0n) is 11.9. The lowest BCUT2D eigenvalue weighted by atomic mass is 9.85. The average Bonchev–Trinajstić information content (AvgIpc) is 2.34. The molecule has 1 aromatic carbocycles. The molecule has 0 heterocycles. The summed E-state index contributed by atoms with van der Waals surface area (Å²) in [6.07, 6.45) is 0.866. The molecule has 0 saturated carbocycles. The Balaban J connectivity index is 2.54. The molecule has 106 valence electrons. The molecule has 4 heteroatoms. The standard InChI is InChI=1S/C15H23ClN2O/c1-11(9-17)14(19)18-10-15(2,3)8-12-5-4-6-13(16)7-12/h4-7,11H,8-10,17H2,1-3H3,(H,18,19). The third-order valence-corrected chi connectivity index (χ3v) is 3.35. The van der Waals surface area contributed by atoms with E-state index in [1.54, 1.807) is 0 Å². The zero-order chi connectivity index (χ0) is 14.5. The second kappa shape index (κ2) is 6.92. The summed E-state index contributed by atoms with van der Waals surface area (Å²) >= 11 is 5.98. The Labute approximate surface area is 120 Å². The molecule has 0 spiro atoms. The molecule has 0 fully saturated rings. The third-order valence-electron chi connectivity index (χ3n) is 3.11. The summed E-state index contributed by atoms with van der Waals surface area (Å²) in [6, 6.07) is 7.83. The van der Waals surface area contributed by atoms with Crippen molar-refractivity contribution in [3.8, 4) is 0 Å². The predicted molar refractivity (Wildman–Crippen MR) is 80.2 cm³/mol. The molecule has 0 aromatic heterocycles. The Morgan fingerprint density at radius 2 is 2.16 bits per heavy atom. The minimum Gasteiger partial charge on any atom is -0.355 e. The highest BCUT2D eigenvalue weighted by atomic mass is 35.5. The third kappa shape index (κ3) is 5.62. The van der Waals surface area contributed by atoms with Crippen LogP contribution in [0.1, 0.15) is 26.3 Å². The number of rotatable bonds is 6. The van der Waals surface area contributed by atoms with Gasteiger partial charge in [-0.3, -0.25) is 4.79 Å². The van der Waals surface area contributed by atoms with Crippen molar-refractivity contribution in [1.29, 1.82) is 0 Å². The monoisotopic (exact) mass is 282 g/mol. The molecule has 3 N–H and O–H groups in total. The summed E-state index contributed by atoms with van der Waals surface area (Å²) < 4.78 is 0. The minimum absolute atomic E-state index is 0.0154. The second-order valence-corrected chi connectivity index (χ2v) is 6.26. The first-order valence-electron chi connectivity index (χ1n) is 6.56. The van der Waals surface area contributed by atoms with Crippen molar-refractivity contribution in [2.45, 2.75) is 27.2 Å². The van der Waals surface area contributed by atoms with Crippen LogP contribution in [0.3, 0.4) is 0 Å². The van der Waals surface area contributed by atoms with E-state index in [0.717, 1.165) is 11.4 Å². The molecule has 3 nitrogen and oxygen atoms in total. The van der Waals surface area contributed by atoms with Crippen LogP contribution in [0.2, 0.25) is 5.02 Å². The predicted octanol–water partition coefficient (Wildman–Crippen LogP) is 2.62. The summed E-state index contributed by atoms with van der Waals surface area (Å²) in [6.45, 7) is 7.09. The Hall–Kier alpha value is -1.06. The van der Waals surface area contributed by atoms with E-state index in [1.165, 1.54) is 5.56 Å². The van der Waals surface area contributed by atoms with E-state index in [-0.39, 0.29) is 17.2 Å². The van der Waals surface area contributed by atoms with Crippen LogP contribution in [-0.2, 0) is 11.2 Å². The van der Waals surface area contributed by atoms with Gasteiger partial charge in [-0.25, -0.2) is 0 Å². The number of nitrogens with two attached hydrogens (primary N) is 1. The molecule has 0 saturated heterocycles. The van der Waals surface area contributed by atoms with Crippen LogP contribution in [0.25, 0.3) is 0 Å². The van der Waals surface area contributed by atoms with Crippen LogP contribution in [0.15, 0.2) is 24.3 Å². The molecule has 0 aliphatic carbocycles. The van der Waals surface area contributed by atoms with Crippen molar-refractivity contribution in [2.75, 3.05) is 13.1 Å².